The smallest absolute Gasteiger partial charge is 0.225 e. The lowest BCUT2D eigenvalue weighted by Crippen LogP contribution is -2.05. The van der Waals surface area contributed by atoms with Gasteiger partial charge < -0.3 is 9.88 Å². The molecule has 0 aliphatic rings. The lowest BCUT2D eigenvalue weighted by molar-refractivity contribution is 0.712. The normalized spacial score (nSPS) is 11.5. The minimum absolute atomic E-state index is 0.391. The van der Waals surface area contributed by atoms with E-state index in [-0.39, 0.29) is 0 Å². The summed E-state index contributed by atoms with van der Waals surface area (Å²) in [4.78, 5) is 13.0. The van der Waals surface area contributed by atoms with Gasteiger partial charge in [0.15, 0.2) is 5.65 Å². The largest absolute Gasteiger partial charge is 0.350 e. The Balaban J connectivity index is 1.80. The first-order valence-corrected chi connectivity index (χ1v) is 6.95. The molecule has 7 nitrogen and oxygen atoms in total. The highest BCUT2D eigenvalue weighted by Gasteiger charge is 2.12. The summed E-state index contributed by atoms with van der Waals surface area (Å²) in [6.07, 6.45) is 5.55. The zero-order valence-electron chi connectivity index (χ0n) is 12.7. The van der Waals surface area contributed by atoms with E-state index < -0.39 is 0 Å². The van der Waals surface area contributed by atoms with Crippen LogP contribution < -0.4 is 5.32 Å². The van der Waals surface area contributed by atoms with Gasteiger partial charge in [-0.3, -0.25) is 4.68 Å². The number of imidazole rings is 1. The summed E-state index contributed by atoms with van der Waals surface area (Å²) in [7, 11) is 3.86. The highest BCUT2D eigenvalue weighted by atomic mass is 15.3. The van der Waals surface area contributed by atoms with Crippen molar-refractivity contribution in [1.82, 2.24) is 29.3 Å². The quantitative estimate of drug-likeness (QED) is 0.791. The fourth-order valence-corrected chi connectivity index (χ4v) is 2.35. The highest BCUT2D eigenvalue weighted by Crippen LogP contribution is 2.18. The van der Waals surface area contributed by atoms with Gasteiger partial charge in [-0.05, 0) is 5.92 Å². The number of hydrogen-bond acceptors (Lipinski definition) is 5. The highest BCUT2D eigenvalue weighted by molar-refractivity contribution is 5.70. The third-order valence-electron chi connectivity index (χ3n) is 3.40. The summed E-state index contributed by atoms with van der Waals surface area (Å²) >= 11 is 0. The van der Waals surface area contributed by atoms with Crippen molar-refractivity contribution in [1.29, 1.82) is 0 Å². The topological polar surface area (TPSA) is 73.5 Å². The Morgan fingerprint density at radius 2 is 2.05 bits per heavy atom. The number of aryl methyl sites for hydroxylation is 2. The van der Waals surface area contributed by atoms with E-state index in [1.54, 1.807) is 12.5 Å². The lowest BCUT2D eigenvalue weighted by Gasteiger charge is -2.06. The van der Waals surface area contributed by atoms with Crippen LogP contribution in [0.1, 0.15) is 31.0 Å². The van der Waals surface area contributed by atoms with E-state index in [1.807, 2.05) is 29.5 Å². The van der Waals surface area contributed by atoms with Gasteiger partial charge in [0.05, 0.1) is 18.2 Å². The van der Waals surface area contributed by atoms with Crippen LogP contribution in [0.25, 0.3) is 11.2 Å². The molecule has 3 aromatic heterocycles. The van der Waals surface area contributed by atoms with Crippen molar-refractivity contribution in [3.63, 3.8) is 0 Å². The van der Waals surface area contributed by atoms with Crippen molar-refractivity contribution in [2.45, 2.75) is 26.3 Å². The minimum atomic E-state index is 0.391. The van der Waals surface area contributed by atoms with Crippen molar-refractivity contribution < 1.29 is 0 Å². The first-order valence-electron chi connectivity index (χ1n) is 6.95. The van der Waals surface area contributed by atoms with Crippen LogP contribution in [0.4, 0.5) is 5.95 Å². The second-order valence-corrected chi connectivity index (χ2v) is 5.48. The molecule has 0 saturated carbocycles. The Morgan fingerprint density at radius 1 is 1.24 bits per heavy atom. The van der Waals surface area contributed by atoms with Crippen LogP contribution >= 0.6 is 0 Å². The molecule has 0 atom stereocenters. The third kappa shape index (κ3) is 2.58. The second-order valence-electron chi connectivity index (χ2n) is 5.48. The molecular formula is C14H19N7. The first-order chi connectivity index (χ1) is 10.0. The molecular weight excluding hydrogens is 266 g/mol. The molecule has 0 aliphatic heterocycles. The number of anilines is 1. The number of fused-ring (bicyclic) bond motifs is 1. The summed E-state index contributed by atoms with van der Waals surface area (Å²) < 4.78 is 3.74. The molecule has 0 fully saturated rings. The molecule has 0 spiro atoms. The fraction of sp³-hybridized carbons (Fsp3) is 0.429. The van der Waals surface area contributed by atoms with Crippen LogP contribution in [-0.4, -0.2) is 29.3 Å². The average molecular weight is 285 g/mol. The molecule has 0 radical (unpaired) electrons. The Bertz CT molecular complexity index is 769. The van der Waals surface area contributed by atoms with Gasteiger partial charge in [-0.1, -0.05) is 13.8 Å². The molecule has 3 aromatic rings. The van der Waals surface area contributed by atoms with Crippen LogP contribution in [0.2, 0.25) is 0 Å². The SMILES string of the molecule is CC(C)c1nn(C)cc1CNc1ncc2c(ncn2C)n1. The summed E-state index contributed by atoms with van der Waals surface area (Å²) in [6, 6.07) is 0. The summed E-state index contributed by atoms with van der Waals surface area (Å²) in [5, 5.41) is 7.74. The Labute approximate surface area is 123 Å². The van der Waals surface area contributed by atoms with E-state index >= 15 is 0 Å². The van der Waals surface area contributed by atoms with Gasteiger partial charge in [0, 0.05) is 32.4 Å². The lowest BCUT2D eigenvalue weighted by atomic mass is 10.1. The molecule has 7 heteroatoms. The predicted molar refractivity (Wildman–Crippen MR) is 80.9 cm³/mol. The Morgan fingerprint density at radius 3 is 2.81 bits per heavy atom. The molecule has 0 bridgehead atoms. The van der Waals surface area contributed by atoms with Crippen LogP contribution in [0.3, 0.4) is 0 Å². The van der Waals surface area contributed by atoms with Gasteiger partial charge in [-0.2, -0.15) is 10.1 Å². The first kappa shape index (κ1) is 13.5. The van der Waals surface area contributed by atoms with E-state index in [4.69, 9.17) is 0 Å². The van der Waals surface area contributed by atoms with Crippen LogP contribution in [0.5, 0.6) is 0 Å². The fourth-order valence-electron chi connectivity index (χ4n) is 2.35. The molecule has 0 unspecified atom stereocenters. The summed E-state index contributed by atoms with van der Waals surface area (Å²) in [5.41, 5.74) is 3.89. The van der Waals surface area contributed by atoms with Gasteiger partial charge in [-0.25, -0.2) is 9.97 Å². The average Bonchev–Trinajstić information content (AvgIpc) is 3.00. The standard InChI is InChI=1S/C14H19N7/c1-9(2)12-10(7-21(4)19-12)5-15-14-16-6-11-13(18-14)17-8-20(11)3/h6-9H,5H2,1-4H3,(H,15,16,18). The zero-order chi connectivity index (χ0) is 15.0. The van der Waals surface area contributed by atoms with E-state index in [1.165, 1.54) is 0 Å². The van der Waals surface area contributed by atoms with E-state index in [0.717, 1.165) is 16.8 Å². The molecule has 0 amide bonds. The van der Waals surface area contributed by atoms with Crippen molar-refractivity contribution in [2.24, 2.45) is 14.1 Å². The molecule has 0 aromatic carbocycles. The predicted octanol–water partition coefficient (Wildman–Crippen LogP) is 1.83. The molecule has 3 rings (SSSR count). The minimum Gasteiger partial charge on any atom is -0.350 e. The number of aromatic nitrogens is 6. The van der Waals surface area contributed by atoms with Crippen LogP contribution in [-0.2, 0) is 20.6 Å². The number of rotatable bonds is 4. The number of nitrogens with zero attached hydrogens (tertiary/aromatic N) is 6. The monoisotopic (exact) mass is 285 g/mol. The van der Waals surface area contributed by atoms with E-state index in [9.17, 15) is 0 Å². The van der Waals surface area contributed by atoms with Gasteiger partial charge >= 0.3 is 0 Å². The zero-order valence-corrected chi connectivity index (χ0v) is 12.7. The van der Waals surface area contributed by atoms with Crippen molar-refractivity contribution in [3.8, 4) is 0 Å². The molecule has 0 aliphatic carbocycles. The van der Waals surface area contributed by atoms with E-state index in [2.05, 4.69) is 39.2 Å². The number of nitrogens with one attached hydrogen (secondary N) is 1. The second kappa shape index (κ2) is 5.16. The van der Waals surface area contributed by atoms with Crippen molar-refractivity contribution in [2.75, 3.05) is 5.32 Å². The van der Waals surface area contributed by atoms with Gasteiger partial charge in [0.2, 0.25) is 5.95 Å². The Hall–Kier alpha value is -2.44. The van der Waals surface area contributed by atoms with Crippen LogP contribution in [0.15, 0.2) is 18.7 Å². The molecule has 1 N–H and O–H groups in total. The third-order valence-corrected chi connectivity index (χ3v) is 3.40. The van der Waals surface area contributed by atoms with Gasteiger partial charge in [0.25, 0.3) is 0 Å². The molecule has 21 heavy (non-hydrogen) atoms. The summed E-state index contributed by atoms with van der Waals surface area (Å²) in [6.45, 7) is 4.93. The summed E-state index contributed by atoms with van der Waals surface area (Å²) in [5.74, 6) is 0.974. The van der Waals surface area contributed by atoms with E-state index in [0.29, 0.717) is 24.1 Å². The van der Waals surface area contributed by atoms with Gasteiger partial charge in [0.1, 0.15) is 5.52 Å². The van der Waals surface area contributed by atoms with Crippen LogP contribution in [0, 0.1) is 0 Å². The van der Waals surface area contributed by atoms with Crippen molar-refractivity contribution >= 4 is 17.1 Å². The molecule has 0 saturated heterocycles. The molecule has 110 valence electrons. The Kier molecular flexibility index (Phi) is 3.32. The van der Waals surface area contributed by atoms with Crippen molar-refractivity contribution in [3.05, 3.63) is 30.0 Å². The number of hydrogen-bond donors (Lipinski definition) is 1. The van der Waals surface area contributed by atoms with Gasteiger partial charge in [-0.15, -0.1) is 0 Å². The maximum Gasteiger partial charge on any atom is 0.225 e. The maximum absolute atomic E-state index is 4.50. The maximum atomic E-state index is 4.50. The molecule has 3 heterocycles.